The molecule has 0 radical (unpaired) electrons. The number of benzene rings is 1. The van der Waals surface area contributed by atoms with Crippen molar-refractivity contribution in [2.45, 2.75) is 19.8 Å². The summed E-state index contributed by atoms with van der Waals surface area (Å²) < 4.78 is 4.99. The molecule has 0 spiro atoms. The second kappa shape index (κ2) is 5.77. The van der Waals surface area contributed by atoms with Crippen molar-refractivity contribution < 1.29 is 14.5 Å². The molecular formula is C11H12BrNO4. The highest BCUT2D eigenvalue weighted by atomic mass is 79.9. The van der Waals surface area contributed by atoms with Crippen LogP contribution in [0.1, 0.15) is 29.3 Å². The Kier molecular flexibility index (Phi) is 4.62. The second-order valence-electron chi connectivity index (χ2n) is 3.47. The molecule has 0 bridgehead atoms. The molecule has 0 aliphatic rings. The van der Waals surface area contributed by atoms with E-state index in [4.69, 9.17) is 0 Å². The number of hydrogen-bond donors (Lipinski definition) is 0. The summed E-state index contributed by atoms with van der Waals surface area (Å²) in [6.45, 7) is 1.96. The lowest BCUT2D eigenvalue weighted by molar-refractivity contribution is -0.385. The van der Waals surface area contributed by atoms with Gasteiger partial charge in [-0.1, -0.05) is 13.3 Å². The van der Waals surface area contributed by atoms with Crippen molar-refractivity contribution in [2.24, 2.45) is 0 Å². The van der Waals surface area contributed by atoms with Crippen LogP contribution in [0.4, 0.5) is 5.69 Å². The Morgan fingerprint density at radius 1 is 1.53 bits per heavy atom. The van der Waals surface area contributed by atoms with Crippen molar-refractivity contribution in [3.8, 4) is 0 Å². The van der Waals surface area contributed by atoms with E-state index in [1.54, 1.807) is 6.07 Å². The number of rotatable bonds is 4. The lowest BCUT2D eigenvalue weighted by Gasteiger charge is -2.06. The monoisotopic (exact) mass is 301 g/mol. The molecule has 0 atom stereocenters. The van der Waals surface area contributed by atoms with E-state index in [0.717, 1.165) is 12.0 Å². The van der Waals surface area contributed by atoms with Gasteiger partial charge in [0.05, 0.1) is 22.1 Å². The minimum Gasteiger partial charge on any atom is -0.465 e. The van der Waals surface area contributed by atoms with Crippen molar-refractivity contribution >= 4 is 27.6 Å². The van der Waals surface area contributed by atoms with Gasteiger partial charge in [0.2, 0.25) is 0 Å². The van der Waals surface area contributed by atoms with Crippen LogP contribution < -0.4 is 0 Å². The van der Waals surface area contributed by atoms with Crippen molar-refractivity contribution in [1.82, 2.24) is 0 Å². The van der Waals surface area contributed by atoms with Crippen LogP contribution in [0.3, 0.4) is 0 Å². The maximum absolute atomic E-state index is 11.4. The quantitative estimate of drug-likeness (QED) is 0.487. The lowest BCUT2D eigenvalue weighted by atomic mass is 10.1. The van der Waals surface area contributed by atoms with Gasteiger partial charge in [-0.05, 0) is 34.0 Å². The van der Waals surface area contributed by atoms with Gasteiger partial charge in [-0.2, -0.15) is 0 Å². The first-order valence-corrected chi connectivity index (χ1v) is 5.85. The van der Waals surface area contributed by atoms with Crippen molar-refractivity contribution in [3.63, 3.8) is 0 Å². The number of aryl methyl sites for hydroxylation is 1. The number of nitro benzene ring substituents is 1. The van der Waals surface area contributed by atoms with Crippen LogP contribution in [0, 0.1) is 10.1 Å². The van der Waals surface area contributed by atoms with Gasteiger partial charge < -0.3 is 4.74 Å². The lowest BCUT2D eigenvalue weighted by Crippen LogP contribution is -2.04. The van der Waals surface area contributed by atoms with Gasteiger partial charge in [-0.3, -0.25) is 10.1 Å². The molecule has 6 heteroatoms. The summed E-state index contributed by atoms with van der Waals surface area (Å²) >= 11 is 3.19. The fraction of sp³-hybridized carbons (Fsp3) is 0.364. The van der Waals surface area contributed by atoms with Gasteiger partial charge in [-0.15, -0.1) is 0 Å². The molecule has 0 fully saturated rings. The molecule has 0 N–H and O–H groups in total. The van der Waals surface area contributed by atoms with Crippen LogP contribution in [0.5, 0.6) is 0 Å². The molecule has 1 rings (SSSR count). The third-order valence-electron chi connectivity index (χ3n) is 2.27. The number of nitrogens with zero attached hydrogens (tertiary/aromatic N) is 1. The predicted octanol–water partition coefficient (Wildman–Crippen LogP) is 3.10. The van der Waals surface area contributed by atoms with Crippen LogP contribution in [-0.4, -0.2) is 18.0 Å². The Bertz CT molecular complexity index is 459. The molecule has 0 aliphatic carbocycles. The van der Waals surface area contributed by atoms with E-state index in [-0.39, 0.29) is 11.3 Å². The highest BCUT2D eigenvalue weighted by molar-refractivity contribution is 9.10. The standard InChI is InChI=1S/C11H12BrNO4/c1-3-4-7-5-8(11(14)17-2)6-9(10(7)12)13(15)16/h5-6H,3-4H2,1-2H3. The molecule has 17 heavy (non-hydrogen) atoms. The molecule has 0 aliphatic heterocycles. The number of carbonyl (C=O) groups excluding carboxylic acids is 1. The van der Waals surface area contributed by atoms with E-state index in [1.165, 1.54) is 13.2 Å². The zero-order chi connectivity index (χ0) is 13.0. The van der Waals surface area contributed by atoms with Crippen molar-refractivity contribution in [1.29, 1.82) is 0 Å². The van der Waals surface area contributed by atoms with E-state index in [9.17, 15) is 14.9 Å². The maximum atomic E-state index is 11.4. The first kappa shape index (κ1) is 13.6. The second-order valence-corrected chi connectivity index (χ2v) is 4.26. The predicted molar refractivity (Wildman–Crippen MR) is 66.1 cm³/mol. The number of nitro groups is 1. The first-order valence-electron chi connectivity index (χ1n) is 5.06. The fourth-order valence-electron chi connectivity index (χ4n) is 1.49. The van der Waals surface area contributed by atoms with Crippen molar-refractivity contribution in [3.05, 3.63) is 37.8 Å². The van der Waals surface area contributed by atoms with Crippen LogP contribution in [-0.2, 0) is 11.2 Å². The Morgan fingerprint density at radius 2 is 2.18 bits per heavy atom. The van der Waals surface area contributed by atoms with Gasteiger partial charge in [0.1, 0.15) is 0 Å². The molecule has 92 valence electrons. The largest absolute Gasteiger partial charge is 0.465 e. The minimum atomic E-state index is -0.571. The van der Waals surface area contributed by atoms with Crippen LogP contribution >= 0.6 is 15.9 Å². The van der Waals surface area contributed by atoms with Gasteiger partial charge >= 0.3 is 5.97 Å². The average molecular weight is 302 g/mol. The Morgan fingerprint density at radius 3 is 2.65 bits per heavy atom. The number of carbonyl (C=O) groups is 1. The Balaban J connectivity index is 3.36. The zero-order valence-electron chi connectivity index (χ0n) is 9.53. The number of methoxy groups -OCH3 is 1. The van der Waals surface area contributed by atoms with Gasteiger partial charge in [0.25, 0.3) is 5.69 Å². The zero-order valence-corrected chi connectivity index (χ0v) is 11.1. The molecule has 5 nitrogen and oxygen atoms in total. The Labute approximate surface area is 107 Å². The molecule has 0 heterocycles. The van der Waals surface area contributed by atoms with Gasteiger partial charge in [0.15, 0.2) is 0 Å². The first-order chi connectivity index (χ1) is 8.01. The molecule has 0 saturated carbocycles. The van der Waals surface area contributed by atoms with E-state index in [2.05, 4.69) is 20.7 Å². The van der Waals surface area contributed by atoms with E-state index >= 15 is 0 Å². The van der Waals surface area contributed by atoms with Crippen LogP contribution in [0.15, 0.2) is 16.6 Å². The molecule has 0 amide bonds. The molecule has 0 saturated heterocycles. The summed E-state index contributed by atoms with van der Waals surface area (Å²) in [4.78, 5) is 21.7. The summed E-state index contributed by atoms with van der Waals surface area (Å²) in [7, 11) is 1.25. The smallest absolute Gasteiger partial charge is 0.338 e. The normalized spacial score (nSPS) is 10.1. The summed E-state index contributed by atoms with van der Waals surface area (Å²) in [6, 6.07) is 2.83. The topological polar surface area (TPSA) is 69.4 Å². The third-order valence-corrected chi connectivity index (χ3v) is 3.18. The van der Waals surface area contributed by atoms with Gasteiger partial charge in [0, 0.05) is 6.07 Å². The molecule has 1 aromatic carbocycles. The number of ether oxygens (including phenoxy) is 1. The molecular weight excluding hydrogens is 290 g/mol. The van der Waals surface area contributed by atoms with Crippen LogP contribution in [0.25, 0.3) is 0 Å². The summed E-state index contributed by atoms with van der Waals surface area (Å²) in [5, 5.41) is 10.9. The highest BCUT2D eigenvalue weighted by Crippen LogP contribution is 2.31. The molecule has 0 aromatic heterocycles. The van der Waals surface area contributed by atoms with E-state index in [0.29, 0.717) is 10.9 Å². The van der Waals surface area contributed by atoms with E-state index < -0.39 is 10.9 Å². The van der Waals surface area contributed by atoms with Crippen molar-refractivity contribution in [2.75, 3.05) is 7.11 Å². The number of halogens is 1. The summed E-state index contributed by atoms with van der Waals surface area (Å²) in [5.41, 5.74) is 0.823. The SMILES string of the molecule is CCCc1cc(C(=O)OC)cc([N+](=O)[O-])c1Br. The average Bonchev–Trinajstić information content (AvgIpc) is 2.30. The Hall–Kier alpha value is -1.43. The molecule has 0 unspecified atom stereocenters. The van der Waals surface area contributed by atoms with Crippen LogP contribution in [0.2, 0.25) is 0 Å². The number of esters is 1. The highest BCUT2D eigenvalue weighted by Gasteiger charge is 2.20. The van der Waals surface area contributed by atoms with E-state index in [1.807, 2.05) is 6.92 Å². The maximum Gasteiger partial charge on any atom is 0.338 e. The summed E-state index contributed by atoms with van der Waals surface area (Å²) in [5.74, 6) is -0.571. The fourth-order valence-corrected chi connectivity index (χ4v) is 2.06. The minimum absolute atomic E-state index is 0.114. The summed E-state index contributed by atoms with van der Waals surface area (Å²) in [6.07, 6.45) is 1.49. The number of hydrogen-bond acceptors (Lipinski definition) is 4. The van der Waals surface area contributed by atoms with Gasteiger partial charge in [-0.25, -0.2) is 4.79 Å². The third kappa shape index (κ3) is 3.03. The molecule has 1 aromatic rings.